The Morgan fingerprint density at radius 3 is 2.38 bits per heavy atom. The van der Waals surface area contributed by atoms with E-state index in [1.807, 2.05) is 0 Å². The zero-order valence-corrected chi connectivity index (χ0v) is 10.9. The van der Waals surface area contributed by atoms with E-state index in [1.54, 1.807) is 20.8 Å². The van der Waals surface area contributed by atoms with E-state index in [9.17, 15) is 9.36 Å². The van der Waals surface area contributed by atoms with E-state index in [-0.39, 0.29) is 18.0 Å². The molecule has 0 bridgehead atoms. The highest BCUT2D eigenvalue weighted by atomic mass is 31.2. The van der Waals surface area contributed by atoms with E-state index in [1.165, 1.54) is 0 Å². The SMILES string of the molecule is CCOP(=O)(OCC)[C@@H]1CCC(=O)O[C@H]1C. The number of esters is 1. The summed E-state index contributed by atoms with van der Waals surface area (Å²) in [5, 5.41) is 0. The van der Waals surface area contributed by atoms with E-state index < -0.39 is 13.7 Å². The molecule has 0 aromatic heterocycles. The standard InChI is InChI=1S/C10H19O5P/c1-4-13-16(12,14-5-2)9-6-7-10(11)15-8(9)3/h8-9H,4-7H2,1-3H3/t8-,9+/m0/s1. The molecule has 1 heterocycles. The average Bonchev–Trinajstić information content (AvgIpc) is 2.17. The lowest BCUT2D eigenvalue weighted by Crippen LogP contribution is -2.35. The first-order chi connectivity index (χ1) is 7.53. The number of rotatable bonds is 5. The highest BCUT2D eigenvalue weighted by molar-refractivity contribution is 7.54. The van der Waals surface area contributed by atoms with Crippen molar-refractivity contribution in [1.82, 2.24) is 0 Å². The normalized spacial score (nSPS) is 26.6. The highest BCUT2D eigenvalue weighted by Crippen LogP contribution is 2.56. The predicted octanol–water partition coefficient (Wildman–Crippen LogP) is 2.35. The van der Waals surface area contributed by atoms with Gasteiger partial charge in [-0.15, -0.1) is 0 Å². The van der Waals surface area contributed by atoms with Crippen LogP contribution in [0.3, 0.4) is 0 Å². The van der Waals surface area contributed by atoms with Gasteiger partial charge in [0, 0.05) is 6.42 Å². The fourth-order valence-corrected chi connectivity index (χ4v) is 4.05. The summed E-state index contributed by atoms with van der Waals surface area (Å²) >= 11 is 0. The lowest BCUT2D eigenvalue weighted by molar-refractivity contribution is -0.152. The molecule has 6 heteroatoms. The molecule has 16 heavy (non-hydrogen) atoms. The molecule has 1 rings (SSSR count). The Balaban J connectivity index is 2.78. The first-order valence-electron chi connectivity index (χ1n) is 5.61. The Kier molecular flexibility index (Phi) is 4.96. The fourth-order valence-electron chi connectivity index (χ4n) is 1.85. The van der Waals surface area contributed by atoms with E-state index in [0.29, 0.717) is 19.6 Å². The van der Waals surface area contributed by atoms with E-state index >= 15 is 0 Å². The van der Waals surface area contributed by atoms with Gasteiger partial charge in [0.25, 0.3) is 0 Å². The van der Waals surface area contributed by atoms with Gasteiger partial charge in [-0.05, 0) is 27.2 Å². The van der Waals surface area contributed by atoms with Gasteiger partial charge < -0.3 is 13.8 Å². The Bertz CT molecular complexity index is 281. The maximum atomic E-state index is 12.4. The summed E-state index contributed by atoms with van der Waals surface area (Å²) < 4.78 is 28.0. The molecule has 0 amide bonds. The Morgan fingerprint density at radius 1 is 1.38 bits per heavy atom. The molecular weight excluding hydrogens is 231 g/mol. The van der Waals surface area contributed by atoms with Crippen LogP contribution >= 0.6 is 7.60 Å². The number of ether oxygens (including phenoxy) is 1. The Hall–Kier alpha value is -0.380. The van der Waals surface area contributed by atoms with Crippen LogP contribution in [0.1, 0.15) is 33.6 Å². The second kappa shape index (κ2) is 5.80. The molecule has 0 radical (unpaired) electrons. The minimum atomic E-state index is -3.15. The van der Waals surface area contributed by atoms with Crippen LogP contribution < -0.4 is 0 Å². The van der Waals surface area contributed by atoms with E-state index in [2.05, 4.69) is 0 Å². The molecule has 1 saturated heterocycles. The first kappa shape index (κ1) is 13.7. The zero-order chi connectivity index (χ0) is 12.2. The van der Waals surface area contributed by atoms with Gasteiger partial charge in [-0.3, -0.25) is 9.36 Å². The quantitative estimate of drug-likeness (QED) is 0.553. The third kappa shape index (κ3) is 3.06. The van der Waals surface area contributed by atoms with Crippen molar-refractivity contribution in [2.75, 3.05) is 13.2 Å². The smallest absolute Gasteiger partial charge is 0.337 e. The summed E-state index contributed by atoms with van der Waals surface area (Å²) in [5.74, 6) is -0.247. The minimum Gasteiger partial charge on any atom is -0.462 e. The molecule has 0 aromatic rings. The molecule has 1 fully saturated rings. The molecule has 0 aliphatic carbocycles. The molecule has 0 aromatic carbocycles. The third-order valence-corrected chi connectivity index (χ3v) is 5.25. The largest absolute Gasteiger partial charge is 0.462 e. The van der Waals surface area contributed by atoms with Crippen molar-refractivity contribution in [2.45, 2.75) is 45.4 Å². The van der Waals surface area contributed by atoms with Gasteiger partial charge in [-0.25, -0.2) is 0 Å². The van der Waals surface area contributed by atoms with Crippen LogP contribution in [-0.4, -0.2) is 30.9 Å². The predicted molar refractivity (Wildman–Crippen MR) is 59.4 cm³/mol. The summed E-state index contributed by atoms with van der Waals surface area (Å²) in [6, 6.07) is 0. The van der Waals surface area contributed by atoms with Crippen LogP contribution in [-0.2, 0) is 23.1 Å². The highest BCUT2D eigenvalue weighted by Gasteiger charge is 2.43. The van der Waals surface area contributed by atoms with Crippen molar-refractivity contribution in [3.63, 3.8) is 0 Å². The first-order valence-corrected chi connectivity index (χ1v) is 7.23. The molecule has 1 aliphatic rings. The number of carbonyl (C=O) groups excluding carboxylic acids is 1. The van der Waals surface area contributed by atoms with Gasteiger partial charge in [0.1, 0.15) is 6.10 Å². The van der Waals surface area contributed by atoms with Gasteiger partial charge >= 0.3 is 13.6 Å². The van der Waals surface area contributed by atoms with Gasteiger partial charge in [-0.2, -0.15) is 0 Å². The number of hydrogen-bond acceptors (Lipinski definition) is 5. The summed E-state index contributed by atoms with van der Waals surface area (Å²) in [4.78, 5) is 11.1. The van der Waals surface area contributed by atoms with Crippen LogP contribution in [0.2, 0.25) is 0 Å². The molecule has 0 unspecified atom stereocenters. The van der Waals surface area contributed by atoms with Gasteiger partial charge in [-0.1, -0.05) is 0 Å². The van der Waals surface area contributed by atoms with Crippen molar-refractivity contribution in [1.29, 1.82) is 0 Å². The summed E-state index contributed by atoms with van der Waals surface area (Å²) in [6.45, 7) is 5.92. The third-order valence-electron chi connectivity index (χ3n) is 2.53. The van der Waals surface area contributed by atoms with Crippen molar-refractivity contribution in [2.24, 2.45) is 0 Å². The van der Waals surface area contributed by atoms with Crippen LogP contribution in [0.15, 0.2) is 0 Å². The maximum absolute atomic E-state index is 12.4. The summed E-state index contributed by atoms with van der Waals surface area (Å²) in [5.41, 5.74) is -0.343. The van der Waals surface area contributed by atoms with E-state index in [4.69, 9.17) is 13.8 Å². The molecule has 1 aliphatic heterocycles. The lowest BCUT2D eigenvalue weighted by atomic mass is 10.1. The van der Waals surface area contributed by atoms with Crippen molar-refractivity contribution >= 4 is 13.6 Å². The second-order valence-electron chi connectivity index (χ2n) is 3.68. The molecular formula is C10H19O5P. The molecule has 5 nitrogen and oxygen atoms in total. The summed E-state index contributed by atoms with van der Waals surface area (Å²) in [7, 11) is -3.15. The molecule has 94 valence electrons. The van der Waals surface area contributed by atoms with E-state index in [0.717, 1.165) is 0 Å². The van der Waals surface area contributed by atoms with Crippen LogP contribution in [0.5, 0.6) is 0 Å². The Morgan fingerprint density at radius 2 is 1.94 bits per heavy atom. The van der Waals surface area contributed by atoms with Gasteiger partial charge in [0.05, 0.1) is 18.9 Å². The Labute approximate surface area is 96.0 Å². The molecule has 2 atom stereocenters. The number of cyclic esters (lactones) is 1. The molecule has 0 spiro atoms. The summed E-state index contributed by atoms with van der Waals surface area (Å²) in [6.07, 6.45) is 0.362. The molecule has 0 N–H and O–H groups in total. The van der Waals surface area contributed by atoms with Crippen LogP contribution in [0.4, 0.5) is 0 Å². The van der Waals surface area contributed by atoms with Crippen molar-refractivity contribution in [3.05, 3.63) is 0 Å². The molecule has 0 saturated carbocycles. The second-order valence-corrected chi connectivity index (χ2v) is 5.94. The fraction of sp³-hybridized carbons (Fsp3) is 0.900. The van der Waals surface area contributed by atoms with Crippen molar-refractivity contribution < 1.29 is 23.1 Å². The monoisotopic (exact) mass is 250 g/mol. The van der Waals surface area contributed by atoms with Gasteiger partial charge in [0.15, 0.2) is 0 Å². The van der Waals surface area contributed by atoms with Crippen molar-refractivity contribution in [3.8, 4) is 0 Å². The minimum absolute atomic E-state index is 0.247. The van der Waals surface area contributed by atoms with Crippen LogP contribution in [0.25, 0.3) is 0 Å². The topological polar surface area (TPSA) is 61.8 Å². The maximum Gasteiger partial charge on any atom is 0.337 e. The van der Waals surface area contributed by atoms with Gasteiger partial charge in [0.2, 0.25) is 0 Å². The van der Waals surface area contributed by atoms with Crippen LogP contribution in [0, 0.1) is 0 Å². The lowest BCUT2D eigenvalue weighted by Gasteiger charge is -2.33. The number of carbonyl (C=O) groups is 1. The average molecular weight is 250 g/mol. The number of hydrogen-bond donors (Lipinski definition) is 0. The zero-order valence-electron chi connectivity index (χ0n) is 9.97.